The van der Waals surface area contributed by atoms with Crippen molar-refractivity contribution < 1.29 is 4.74 Å². The fraction of sp³-hybridized carbons (Fsp3) is 0.538. The first kappa shape index (κ1) is 14.1. The normalized spacial score (nSPS) is 10.6. The smallest absolute Gasteiger partial charge is 0.121 e. The van der Waals surface area contributed by atoms with Crippen molar-refractivity contribution in [1.82, 2.24) is 4.90 Å². The van der Waals surface area contributed by atoms with E-state index in [1.165, 1.54) is 0 Å². The molecular weight excluding hydrogens is 236 g/mol. The first-order chi connectivity index (χ1) is 8.21. The summed E-state index contributed by atoms with van der Waals surface area (Å²) in [6.45, 7) is 8.38. The Bertz CT molecular complexity index is 340. The van der Waals surface area contributed by atoms with E-state index in [1.54, 1.807) is 7.11 Å². The van der Waals surface area contributed by atoms with Gasteiger partial charge in [-0.3, -0.25) is 0 Å². The van der Waals surface area contributed by atoms with E-state index in [0.717, 1.165) is 42.6 Å². The highest BCUT2D eigenvalue weighted by atomic mass is 35.5. The van der Waals surface area contributed by atoms with Crippen molar-refractivity contribution in [3.05, 3.63) is 23.2 Å². The summed E-state index contributed by atoms with van der Waals surface area (Å²) in [6, 6.07) is 5.63. The van der Waals surface area contributed by atoms with Crippen LogP contribution in [0.1, 0.15) is 13.8 Å². The number of benzene rings is 1. The number of nitrogens with zero attached hydrogens (tertiary/aromatic N) is 1. The first-order valence-electron chi connectivity index (χ1n) is 6.01. The number of methoxy groups -OCH3 is 1. The fourth-order valence-electron chi connectivity index (χ4n) is 1.66. The molecule has 0 spiro atoms. The summed E-state index contributed by atoms with van der Waals surface area (Å²) in [5.41, 5.74) is 0.929. The summed E-state index contributed by atoms with van der Waals surface area (Å²) in [4.78, 5) is 2.36. The van der Waals surface area contributed by atoms with E-state index < -0.39 is 0 Å². The van der Waals surface area contributed by atoms with Crippen molar-refractivity contribution in [3.8, 4) is 5.75 Å². The molecule has 0 heterocycles. The molecule has 0 atom stereocenters. The SMILES string of the molecule is CCN(CC)CCNc1cc(OC)ccc1Cl. The molecule has 0 aromatic heterocycles. The molecule has 0 saturated heterocycles. The van der Waals surface area contributed by atoms with Crippen LogP contribution in [-0.2, 0) is 0 Å². The van der Waals surface area contributed by atoms with E-state index in [0.29, 0.717) is 0 Å². The maximum atomic E-state index is 6.10. The third kappa shape index (κ3) is 4.44. The Labute approximate surface area is 109 Å². The number of hydrogen-bond donors (Lipinski definition) is 1. The van der Waals surface area contributed by atoms with Crippen molar-refractivity contribution in [2.45, 2.75) is 13.8 Å². The van der Waals surface area contributed by atoms with E-state index >= 15 is 0 Å². The van der Waals surface area contributed by atoms with Crippen LogP contribution in [0, 0.1) is 0 Å². The van der Waals surface area contributed by atoms with E-state index in [9.17, 15) is 0 Å². The average Bonchev–Trinajstić information content (AvgIpc) is 2.36. The highest BCUT2D eigenvalue weighted by Gasteiger charge is 2.03. The summed E-state index contributed by atoms with van der Waals surface area (Å²) in [6.07, 6.45) is 0. The van der Waals surface area contributed by atoms with Gasteiger partial charge in [0.1, 0.15) is 5.75 Å². The Hall–Kier alpha value is -0.930. The van der Waals surface area contributed by atoms with Crippen LogP contribution in [0.2, 0.25) is 5.02 Å². The standard InChI is InChI=1S/C13H21ClN2O/c1-4-16(5-2)9-8-15-13-10-11(17-3)6-7-12(13)14/h6-7,10,15H,4-5,8-9H2,1-3H3. The molecule has 0 aliphatic heterocycles. The van der Waals surface area contributed by atoms with E-state index in [4.69, 9.17) is 16.3 Å². The van der Waals surface area contributed by atoms with Gasteiger partial charge in [0.15, 0.2) is 0 Å². The zero-order chi connectivity index (χ0) is 12.7. The topological polar surface area (TPSA) is 24.5 Å². The van der Waals surface area contributed by atoms with Crippen molar-refractivity contribution >= 4 is 17.3 Å². The highest BCUT2D eigenvalue weighted by Crippen LogP contribution is 2.26. The lowest BCUT2D eigenvalue weighted by Gasteiger charge is -2.19. The van der Waals surface area contributed by atoms with Crippen molar-refractivity contribution in [3.63, 3.8) is 0 Å². The van der Waals surface area contributed by atoms with Crippen molar-refractivity contribution in [1.29, 1.82) is 0 Å². The molecule has 4 heteroatoms. The molecule has 0 fully saturated rings. The van der Waals surface area contributed by atoms with E-state index in [2.05, 4.69) is 24.1 Å². The largest absolute Gasteiger partial charge is 0.497 e. The first-order valence-corrected chi connectivity index (χ1v) is 6.38. The fourth-order valence-corrected chi connectivity index (χ4v) is 1.84. The van der Waals surface area contributed by atoms with Crippen LogP contribution in [0.3, 0.4) is 0 Å². The third-order valence-corrected chi connectivity index (χ3v) is 3.14. The van der Waals surface area contributed by atoms with Gasteiger partial charge < -0.3 is 15.0 Å². The van der Waals surface area contributed by atoms with Crippen LogP contribution in [0.4, 0.5) is 5.69 Å². The van der Waals surface area contributed by atoms with Gasteiger partial charge in [0, 0.05) is 19.2 Å². The minimum atomic E-state index is 0.727. The minimum absolute atomic E-state index is 0.727. The van der Waals surface area contributed by atoms with Gasteiger partial charge >= 0.3 is 0 Å². The molecule has 0 aliphatic rings. The van der Waals surface area contributed by atoms with Gasteiger partial charge in [0.25, 0.3) is 0 Å². The van der Waals surface area contributed by atoms with Gasteiger partial charge in [-0.15, -0.1) is 0 Å². The summed E-state index contributed by atoms with van der Waals surface area (Å²) in [5, 5.41) is 4.06. The molecule has 1 aromatic carbocycles. The number of anilines is 1. The maximum absolute atomic E-state index is 6.10. The molecule has 0 bridgehead atoms. The quantitative estimate of drug-likeness (QED) is 0.811. The zero-order valence-electron chi connectivity index (χ0n) is 10.8. The molecular formula is C13H21ClN2O. The number of hydrogen-bond acceptors (Lipinski definition) is 3. The summed E-state index contributed by atoms with van der Waals surface area (Å²) in [5.74, 6) is 0.819. The maximum Gasteiger partial charge on any atom is 0.121 e. The van der Waals surface area contributed by atoms with Crippen LogP contribution in [0.15, 0.2) is 18.2 Å². The molecule has 3 nitrogen and oxygen atoms in total. The predicted octanol–water partition coefficient (Wildman–Crippen LogP) is 3.10. The molecule has 0 aliphatic carbocycles. The molecule has 1 rings (SSSR count). The summed E-state index contributed by atoms with van der Waals surface area (Å²) < 4.78 is 5.17. The molecule has 0 saturated carbocycles. The second kappa shape index (κ2) is 7.41. The number of likely N-dealkylation sites (N-methyl/N-ethyl adjacent to an activating group) is 1. The van der Waals surface area contributed by atoms with Crippen LogP contribution in [0.25, 0.3) is 0 Å². The number of ether oxygens (including phenoxy) is 1. The van der Waals surface area contributed by atoms with E-state index in [-0.39, 0.29) is 0 Å². The van der Waals surface area contributed by atoms with Crippen LogP contribution in [0.5, 0.6) is 5.75 Å². The van der Waals surface area contributed by atoms with Gasteiger partial charge in [0.05, 0.1) is 17.8 Å². The Morgan fingerprint density at radius 1 is 1.29 bits per heavy atom. The average molecular weight is 257 g/mol. The number of halogens is 1. The molecule has 0 unspecified atom stereocenters. The predicted molar refractivity (Wildman–Crippen MR) is 74.3 cm³/mol. The second-order valence-corrected chi connectivity index (χ2v) is 4.21. The number of nitrogens with one attached hydrogen (secondary N) is 1. The second-order valence-electron chi connectivity index (χ2n) is 3.80. The molecule has 0 radical (unpaired) electrons. The zero-order valence-corrected chi connectivity index (χ0v) is 11.5. The van der Waals surface area contributed by atoms with Crippen molar-refractivity contribution in [2.24, 2.45) is 0 Å². The summed E-state index contributed by atoms with van der Waals surface area (Å²) >= 11 is 6.10. The van der Waals surface area contributed by atoms with Gasteiger partial charge in [0.2, 0.25) is 0 Å². The third-order valence-electron chi connectivity index (χ3n) is 2.81. The number of rotatable bonds is 7. The lowest BCUT2D eigenvalue weighted by Crippen LogP contribution is -2.28. The minimum Gasteiger partial charge on any atom is -0.497 e. The Morgan fingerprint density at radius 2 is 2.00 bits per heavy atom. The Balaban J connectivity index is 2.50. The molecule has 0 amide bonds. The van der Waals surface area contributed by atoms with Crippen LogP contribution >= 0.6 is 11.6 Å². The summed E-state index contributed by atoms with van der Waals surface area (Å²) in [7, 11) is 1.66. The Morgan fingerprint density at radius 3 is 2.59 bits per heavy atom. The molecule has 1 N–H and O–H groups in total. The molecule has 1 aromatic rings. The lowest BCUT2D eigenvalue weighted by molar-refractivity contribution is 0.316. The van der Waals surface area contributed by atoms with E-state index in [1.807, 2.05) is 18.2 Å². The van der Waals surface area contributed by atoms with Gasteiger partial charge in [-0.1, -0.05) is 25.4 Å². The van der Waals surface area contributed by atoms with Gasteiger partial charge in [-0.25, -0.2) is 0 Å². The Kier molecular flexibility index (Phi) is 6.16. The van der Waals surface area contributed by atoms with Crippen LogP contribution in [-0.4, -0.2) is 38.2 Å². The van der Waals surface area contributed by atoms with Crippen LogP contribution < -0.4 is 10.1 Å². The lowest BCUT2D eigenvalue weighted by atomic mass is 10.3. The van der Waals surface area contributed by atoms with Crippen molar-refractivity contribution in [2.75, 3.05) is 38.6 Å². The molecule has 17 heavy (non-hydrogen) atoms. The monoisotopic (exact) mass is 256 g/mol. The van der Waals surface area contributed by atoms with Gasteiger partial charge in [-0.2, -0.15) is 0 Å². The highest BCUT2D eigenvalue weighted by molar-refractivity contribution is 6.33. The van der Waals surface area contributed by atoms with Gasteiger partial charge in [-0.05, 0) is 25.2 Å². The molecule has 96 valence electrons.